The van der Waals surface area contributed by atoms with Crippen LogP contribution in [0.15, 0.2) is 57.7 Å². The molecule has 2 aliphatic rings. The molecule has 0 N–H and O–H groups in total. The minimum atomic E-state index is 0.00273. The summed E-state index contributed by atoms with van der Waals surface area (Å²) in [6.07, 6.45) is 6.76. The Bertz CT molecular complexity index is 557. The second-order valence-corrected chi connectivity index (χ2v) is 4.73. The maximum absolute atomic E-state index is 12.0. The van der Waals surface area contributed by atoms with Gasteiger partial charge in [0.2, 0.25) is 0 Å². The second-order valence-electron chi connectivity index (χ2n) is 4.73. The van der Waals surface area contributed by atoms with Crippen LogP contribution < -0.4 is 0 Å². The van der Waals surface area contributed by atoms with Crippen molar-refractivity contribution < 1.29 is 9.59 Å². The van der Waals surface area contributed by atoms with E-state index in [-0.39, 0.29) is 11.6 Å². The number of hydrogen-bond acceptors (Lipinski definition) is 2. The van der Waals surface area contributed by atoms with Gasteiger partial charge in [-0.05, 0) is 62.1 Å². The van der Waals surface area contributed by atoms with E-state index in [9.17, 15) is 9.59 Å². The van der Waals surface area contributed by atoms with Gasteiger partial charge in [-0.3, -0.25) is 9.59 Å². The van der Waals surface area contributed by atoms with Crippen molar-refractivity contribution >= 4 is 11.6 Å². The summed E-state index contributed by atoms with van der Waals surface area (Å²) in [5, 5.41) is 0. The number of allylic oxidation sites excluding steroid dienone is 10. The number of Topliss-reactive ketones (excluding diaryl/α,β-unsaturated/α-hetero) is 1. The highest BCUT2D eigenvalue weighted by atomic mass is 16.1. The van der Waals surface area contributed by atoms with Gasteiger partial charge in [-0.25, -0.2) is 0 Å². The lowest BCUT2D eigenvalue weighted by molar-refractivity contribution is -0.112. The van der Waals surface area contributed by atoms with Crippen LogP contribution in [0, 0.1) is 0 Å². The summed E-state index contributed by atoms with van der Waals surface area (Å²) in [4.78, 5) is 23.2. The predicted octanol–water partition coefficient (Wildman–Crippen LogP) is 3.23. The Morgan fingerprint density at radius 3 is 1.56 bits per heavy atom. The predicted molar refractivity (Wildman–Crippen MR) is 72.1 cm³/mol. The number of hydrogen-bond donors (Lipinski definition) is 0. The molecule has 2 nitrogen and oxygen atoms in total. The van der Waals surface area contributed by atoms with Gasteiger partial charge in [0.05, 0.1) is 0 Å². The summed E-state index contributed by atoms with van der Waals surface area (Å²) in [5.74, 6) is 0.122. The molecular weight excluding hydrogens is 224 g/mol. The summed E-state index contributed by atoms with van der Waals surface area (Å²) in [7, 11) is 0. The topological polar surface area (TPSA) is 34.1 Å². The fourth-order valence-electron chi connectivity index (χ4n) is 2.33. The molecule has 2 rings (SSSR count). The van der Waals surface area contributed by atoms with Crippen molar-refractivity contribution in [2.75, 3.05) is 0 Å². The van der Waals surface area contributed by atoms with Crippen LogP contribution in [-0.4, -0.2) is 11.6 Å². The van der Waals surface area contributed by atoms with Gasteiger partial charge in [0.25, 0.3) is 0 Å². The van der Waals surface area contributed by atoms with Gasteiger partial charge < -0.3 is 0 Å². The Morgan fingerprint density at radius 1 is 0.667 bits per heavy atom. The minimum absolute atomic E-state index is 0.00273. The van der Waals surface area contributed by atoms with E-state index in [0.29, 0.717) is 0 Å². The summed E-state index contributed by atoms with van der Waals surface area (Å²) in [6.45, 7) is 7.64. The summed E-state index contributed by atoms with van der Waals surface area (Å²) < 4.78 is 0. The van der Waals surface area contributed by atoms with Crippen LogP contribution in [0.1, 0.15) is 27.7 Å². The first-order chi connectivity index (χ1) is 8.43. The van der Waals surface area contributed by atoms with E-state index in [0.717, 1.165) is 33.4 Å². The van der Waals surface area contributed by atoms with Crippen molar-refractivity contribution in [3.8, 4) is 0 Å². The van der Waals surface area contributed by atoms with Gasteiger partial charge in [0, 0.05) is 11.1 Å². The van der Waals surface area contributed by atoms with Crippen LogP contribution in [0.4, 0.5) is 0 Å². The molecule has 0 amide bonds. The van der Waals surface area contributed by atoms with Gasteiger partial charge in [-0.2, -0.15) is 0 Å². The van der Waals surface area contributed by atoms with E-state index >= 15 is 0 Å². The second kappa shape index (κ2) is 4.37. The fraction of sp³-hybridized carbons (Fsp3) is 0.250. The Balaban J connectivity index is 2.67. The van der Waals surface area contributed by atoms with Crippen molar-refractivity contribution in [1.82, 2.24) is 0 Å². The zero-order chi connectivity index (χ0) is 13.4. The number of carbonyl (C=O) groups is 2. The quantitative estimate of drug-likeness (QED) is 0.651. The third kappa shape index (κ3) is 1.84. The lowest BCUT2D eigenvalue weighted by Crippen LogP contribution is -2.14. The van der Waals surface area contributed by atoms with E-state index in [1.54, 1.807) is 12.2 Å². The molecule has 0 aliphatic heterocycles. The van der Waals surface area contributed by atoms with Crippen molar-refractivity contribution in [3.05, 3.63) is 57.7 Å². The monoisotopic (exact) mass is 240 g/mol. The maximum Gasteiger partial charge on any atom is 0.184 e. The van der Waals surface area contributed by atoms with Gasteiger partial charge >= 0.3 is 0 Å². The molecule has 2 aliphatic carbocycles. The summed E-state index contributed by atoms with van der Waals surface area (Å²) >= 11 is 0. The highest BCUT2D eigenvalue weighted by molar-refractivity contribution is 6.11. The normalized spacial score (nSPS) is 20.4. The van der Waals surface area contributed by atoms with E-state index < -0.39 is 0 Å². The van der Waals surface area contributed by atoms with Crippen LogP contribution in [0.25, 0.3) is 0 Å². The van der Waals surface area contributed by atoms with Gasteiger partial charge in [-0.15, -0.1) is 0 Å². The van der Waals surface area contributed by atoms with Gasteiger partial charge in [0.15, 0.2) is 11.6 Å². The Kier molecular flexibility index (Phi) is 3.04. The highest BCUT2D eigenvalue weighted by Gasteiger charge is 2.24. The van der Waals surface area contributed by atoms with Crippen molar-refractivity contribution in [2.45, 2.75) is 27.7 Å². The third-order valence-electron chi connectivity index (χ3n) is 3.70. The average molecular weight is 240 g/mol. The molecule has 0 fully saturated rings. The summed E-state index contributed by atoms with van der Waals surface area (Å²) in [6, 6.07) is 0. The molecular formula is C16H16O2. The van der Waals surface area contributed by atoms with E-state index in [1.807, 2.05) is 39.8 Å². The Labute approximate surface area is 107 Å². The van der Waals surface area contributed by atoms with Gasteiger partial charge in [0.1, 0.15) is 0 Å². The standard InChI is InChI=1S/C16H16O2/c1-9-11(3)16(18)12(4)10(2)15(9)13-5-7-14(17)8-6-13/h5-8H,1-4H3. The largest absolute Gasteiger partial charge is 0.290 e. The lowest BCUT2D eigenvalue weighted by atomic mass is 9.81. The van der Waals surface area contributed by atoms with Crippen LogP contribution in [0.3, 0.4) is 0 Å². The first kappa shape index (κ1) is 12.5. The van der Waals surface area contributed by atoms with Crippen LogP contribution >= 0.6 is 0 Å². The molecule has 0 saturated carbocycles. The summed E-state index contributed by atoms with van der Waals surface area (Å²) in [5.41, 5.74) is 5.66. The first-order valence-corrected chi connectivity index (χ1v) is 5.98. The minimum Gasteiger partial charge on any atom is -0.290 e. The van der Waals surface area contributed by atoms with E-state index in [4.69, 9.17) is 0 Å². The Morgan fingerprint density at radius 2 is 1.11 bits per heavy atom. The highest BCUT2D eigenvalue weighted by Crippen LogP contribution is 2.35. The molecule has 0 aromatic rings. The molecule has 0 aromatic heterocycles. The van der Waals surface area contributed by atoms with Crippen LogP contribution in [0.2, 0.25) is 0 Å². The molecule has 2 heteroatoms. The molecule has 0 saturated heterocycles. The number of ketones is 2. The van der Waals surface area contributed by atoms with Gasteiger partial charge in [-0.1, -0.05) is 12.2 Å². The fourth-order valence-corrected chi connectivity index (χ4v) is 2.33. The average Bonchev–Trinajstić information content (AvgIpc) is 2.36. The zero-order valence-electron chi connectivity index (χ0n) is 11.1. The molecule has 92 valence electrons. The first-order valence-electron chi connectivity index (χ1n) is 5.98. The van der Waals surface area contributed by atoms with Crippen molar-refractivity contribution in [2.24, 2.45) is 0 Å². The molecule has 0 unspecified atom stereocenters. The zero-order valence-corrected chi connectivity index (χ0v) is 11.1. The lowest BCUT2D eigenvalue weighted by Gasteiger charge is -2.23. The van der Waals surface area contributed by atoms with Crippen molar-refractivity contribution in [3.63, 3.8) is 0 Å². The van der Waals surface area contributed by atoms with Crippen LogP contribution in [0.5, 0.6) is 0 Å². The SMILES string of the molecule is CC1=C(C)C(=C2C=CC(=O)C=C2)C(C)=C(C)C1=O. The Hall–Kier alpha value is -1.96. The molecule has 18 heavy (non-hydrogen) atoms. The van der Waals surface area contributed by atoms with Crippen molar-refractivity contribution in [1.29, 1.82) is 0 Å². The molecule has 0 heterocycles. The molecule has 0 atom stereocenters. The molecule has 0 spiro atoms. The maximum atomic E-state index is 12.0. The molecule has 0 bridgehead atoms. The van der Waals surface area contributed by atoms with Crippen LogP contribution in [-0.2, 0) is 9.59 Å². The van der Waals surface area contributed by atoms with E-state index in [1.165, 1.54) is 0 Å². The number of rotatable bonds is 0. The molecule has 0 radical (unpaired) electrons. The van der Waals surface area contributed by atoms with E-state index in [2.05, 4.69) is 0 Å². The third-order valence-corrected chi connectivity index (χ3v) is 3.70. The number of carbonyl (C=O) groups excluding carboxylic acids is 2. The molecule has 0 aromatic carbocycles. The smallest absolute Gasteiger partial charge is 0.184 e.